The summed E-state index contributed by atoms with van der Waals surface area (Å²) in [6, 6.07) is 28.5. The molecule has 6 heteroatoms. The van der Waals surface area contributed by atoms with E-state index >= 15 is 0 Å². The van der Waals surface area contributed by atoms with Crippen LogP contribution in [0.2, 0.25) is 0 Å². The Morgan fingerprint density at radius 3 is 2.31 bits per heavy atom. The molecule has 29 heavy (non-hydrogen) atoms. The van der Waals surface area contributed by atoms with Crippen LogP contribution in [0.5, 0.6) is 5.75 Å². The van der Waals surface area contributed by atoms with Gasteiger partial charge in [0.05, 0.1) is 17.4 Å². The molecule has 0 saturated carbocycles. The minimum absolute atomic E-state index is 0.0310. The number of hydrogen-bond donors (Lipinski definition) is 0. The molecule has 144 valence electrons. The minimum Gasteiger partial charge on any atom is -0.630 e. The van der Waals surface area contributed by atoms with Gasteiger partial charge in [-0.15, -0.1) is 0 Å². The van der Waals surface area contributed by atoms with Crippen LogP contribution < -0.4 is 15.6 Å². The highest BCUT2D eigenvalue weighted by molar-refractivity contribution is 6.83. The van der Waals surface area contributed by atoms with E-state index in [0.29, 0.717) is 6.54 Å². The summed E-state index contributed by atoms with van der Waals surface area (Å²) in [7, 11) is -0.519. The van der Waals surface area contributed by atoms with Gasteiger partial charge in [0.2, 0.25) is 0 Å². The topological polar surface area (TPSA) is 30.7 Å². The highest BCUT2D eigenvalue weighted by atomic mass is 16.7. The molecule has 1 saturated heterocycles. The molecular formula is C23H23B2NO3. The molecule has 3 aromatic rings. The third kappa shape index (κ3) is 3.09. The molecule has 2 aliphatic heterocycles. The van der Waals surface area contributed by atoms with E-state index in [1.807, 2.05) is 66.7 Å². The van der Waals surface area contributed by atoms with E-state index in [0.717, 1.165) is 28.0 Å². The second-order valence-electron chi connectivity index (χ2n) is 7.76. The fourth-order valence-corrected chi connectivity index (χ4v) is 4.41. The Hall–Kier alpha value is -2.82. The summed E-state index contributed by atoms with van der Waals surface area (Å²) < 4.78 is 22.1. The highest BCUT2D eigenvalue weighted by Crippen LogP contribution is 2.30. The fraction of sp³-hybridized carbons (Fsp3) is 0.174. The molecule has 3 aromatic carbocycles. The van der Waals surface area contributed by atoms with E-state index in [9.17, 15) is 0 Å². The molecule has 4 nitrogen and oxygen atoms in total. The SMILES string of the molecule is CC1=[N+]2C[C@@H](C)OB(c3ccccc3)O[B@-]2(c2ccccc2)Oc2ccccc21. The van der Waals surface area contributed by atoms with E-state index in [4.69, 9.17) is 13.9 Å². The first-order valence-corrected chi connectivity index (χ1v) is 10.1. The van der Waals surface area contributed by atoms with Crippen LogP contribution in [-0.4, -0.2) is 36.7 Å². The van der Waals surface area contributed by atoms with Gasteiger partial charge >= 0.3 is 13.8 Å². The molecule has 5 rings (SSSR count). The standard InChI is InChI=1S/C23H23B2NO3/c1-18-17-26-19(2)22-15-9-10-16-23(22)28-25(26,21-13-7-4-8-14-21)29-24(27-18)20-11-5-3-6-12-20/h3-16,18H,17H2,1-2H3/t18-,25+/m1/s1. The number of fused-ring (bicyclic) bond motifs is 2. The maximum absolute atomic E-state index is 6.80. The number of hydrogen-bond acceptors (Lipinski definition) is 3. The lowest BCUT2D eigenvalue weighted by Gasteiger charge is -2.42. The molecule has 0 bridgehead atoms. The number of rotatable bonds is 2. The Morgan fingerprint density at radius 2 is 1.55 bits per heavy atom. The summed E-state index contributed by atoms with van der Waals surface area (Å²) in [5, 5.41) is 0. The predicted molar refractivity (Wildman–Crippen MR) is 117 cm³/mol. The molecule has 2 heterocycles. The van der Waals surface area contributed by atoms with Crippen LogP contribution in [0.4, 0.5) is 0 Å². The van der Waals surface area contributed by atoms with Crippen molar-refractivity contribution in [1.82, 2.24) is 0 Å². The van der Waals surface area contributed by atoms with Gasteiger partial charge < -0.3 is 18.4 Å². The zero-order valence-corrected chi connectivity index (χ0v) is 16.7. The third-order valence-corrected chi connectivity index (χ3v) is 5.82. The highest BCUT2D eigenvalue weighted by Gasteiger charge is 2.55. The van der Waals surface area contributed by atoms with Crippen molar-refractivity contribution < 1.29 is 18.4 Å². The minimum atomic E-state index is -1.98. The van der Waals surface area contributed by atoms with Gasteiger partial charge in [-0.05, 0) is 24.5 Å². The van der Waals surface area contributed by atoms with Gasteiger partial charge in [0, 0.05) is 6.92 Å². The zero-order chi connectivity index (χ0) is 19.8. The lowest BCUT2D eigenvalue weighted by Crippen LogP contribution is -2.70. The van der Waals surface area contributed by atoms with Crippen molar-refractivity contribution in [1.29, 1.82) is 0 Å². The molecule has 2 aliphatic rings. The van der Waals surface area contributed by atoms with Gasteiger partial charge in [0.15, 0.2) is 0 Å². The normalized spacial score (nSPS) is 23.7. The second kappa shape index (κ2) is 7.21. The molecule has 0 spiro atoms. The van der Waals surface area contributed by atoms with Crippen LogP contribution in [0.15, 0.2) is 84.9 Å². The maximum Gasteiger partial charge on any atom is 0.613 e. The number of nitrogens with zero attached hydrogens (tertiary/aromatic N) is 1. The first-order valence-electron chi connectivity index (χ1n) is 10.1. The van der Waals surface area contributed by atoms with Crippen molar-refractivity contribution in [2.24, 2.45) is 0 Å². The van der Waals surface area contributed by atoms with Crippen molar-refractivity contribution in [2.45, 2.75) is 20.0 Å². The summed E-state index contributed by atoms with van der Waals surface area (Å²) in [5.41, 5.74) is 4.22. The van der Waals surface area contributed by atoms with E-state index in [2.05, 4.69) is 36.5 Å². The largest absolute Gasteiger partial charge is 0.630 e. The molecule has 0 aliphatic carbocycles. The van der Waals surface area contributed by atoms with Crippen LogP contribution in [0.3, 0.4) is 0 Å². The average Bonchev–Trinajstić information content (AvgIpc) is 2.92. The lowest BCUT2D eigenvalue weighted by molar-refractivity contribution is -0.432. The van der Waals surface area contributed by atoms with Gasteiger partial charge in [-0.25, -0.2) is 0 Å². The smallest absolute Gasteiger partial charge is 0.613 e. The Balaban J connectivity index is 1.73. The number of benzene rings is 3. The van der Waals surface area contributed by atoms with Crippen LogP contribution in [-0.2, 0) is 9.23 Å². The zero-order valence-electron chi connectivity index (χ0n) is 16.7. The van der Waals surface area contributed by atoms with Crippen LogP contribution >= 0.6 is 0 Å². The fourth-order valence-electron chi connectivity index (χ4n) is 4.41. The Kier molecular flexibility index (Phi) is 4.53. The summed E-state index contributed by atoms with van der Waals surface area (Å²) in [6.07, 6.45) is -0.0310. The Labute approximate surface area is 171 Å². The molecule has 2 atom stereocenters. The van der Waals surface area contributed by atoms with E-state index in [1.54, 1.807) is 0 Å². The van der Waals surface area contributed by atoms with Gasteiger partial charge in [-0.1, -0.05) is 78.3 Å². The summed E-state index contributed by atoms with van der Waals surface area (Å²) in [4.78, 5) is 0. The first-order chi connectivity index (χ1) is 14.2. The molecular weight excluding hydrogens is 360 g/mol. The van der Waals surface area contributed by atoms with E-state index < -0.39 is 13.8 Å². The predicted octanol–water partition coefficient (Wildman–Crippen LogP) is 2.58. The van der Waals surface area contributed by atoms with Gasteiger partial charge in [0.25, 0.3) is 0 Å². The van der Waals surface area contributed by atoms with Crippen molar-refractivity contribution in [3.8, 4) is 5.75 Å². The third-order valence-electron chi connectivity index (χ3n) is 5.82. The van der Waals surface area contributed by atoms with Gasteiger partial charge in [-0.3, -0.25) is 0 Å². The first kappa shape index (κ1) is 18.2. The Bertz CT molecular complexity index is 1060. The van der Waals surface area contributed by atoms with E-state index in [1.165, 1.54) is 0 Å². The van der Waals surface area contributed by atoms with E-state index in [-0.39, 0.29) is 6.10 Å². The van der Waals surface area contributed by atoms with Gasteiger partial charge in [0.1, 0.15) is 12.3 Å². The quantitative estimate of drug-likeness (QED) is 0.638. The molecule has 0 N–H and O–H groups in total. The lowest BCUT2D eigenvalue weighted by atomic mass is 9.58. The summed E-state index contributed by atoms with van der Waals surface area (Å²) >= 11 is 0. The average molecular weight is 383 g/mol. The summed E-state index contributed by atoms with van der Waals surface area (Å²) in [6.45, 7) is 2.92. The van der Waals surface area contributed by atoms with Crippen LogP contribution in [0, 0.1) is 0 Å². The summed E-state index contributed by atoms with van der Waals surface area (Å²) in [5.74, 6) is 0.839. The second-order valence-corrected chi connectivity index (χ2v) is 7.76. The molecule has 0 unspecified atom stereocenters. The number of para-hydroxylation sites is 1. The van der Waals surface area contributed by atoms with Crippen molar-refractivity contribution >= 4 is 30.4 Å². The molecule has 0 radical (unpaired) electrons. The molecule has 1 fully saturated rings. The van der Waals surface area contributed by atoms with Crippen LogP contribution in [0.1, 0.15) is 19.4 Å². The van der Waals surface area contributed by atoms with Crippen molar-refractivity contribution in [2.75, 3.05) is 6.54 Å². The van der Waals surface area contributed by atoms with Crippen LogP contribution in [0.25, 0.3) is 0 Å². The Morgan fingerprint density at radius 1 is 0.897 bits per heavy atom. The maximum atomic E-state index is 6.80. The van der Waals surface area contributed by atoms with Crippen molar-refractivity contribution in [3.05, 3.63) is 90.5 Å². The van der Waals surface area contributed by atoms with Gasteiger partial charge in [-0.2, -0.15) is 0 Å². The molecule has 0 aromatic heterocycles. The van der Waals surface area contributed by atoms with Crippen molar-refractivity contribution in [3.63, 3.8) is 0 Å². The molecule has 0 amide bonds. The monoisotopic (exact) mass is 383 g/mol.